The average molecular weight is 214 g/mol. The summed E-state index contributed by atoms with van der Waals surface area (Å²) in [6.45, 7) is 3.79. The maximum atomic E-state index is 11.9. The summed E-state index contributed by atoms with van der Waals surface area (Å²) in [4.78, 5) is 16.0. The number of rotatable bonds is 3. The summed E-state index contributed by atoms with van der Waals surface area (Å²) in [5.41, 5.74) is 1.60. The van der Waals surface area contributed by atoms with Gasteiger partial charge in [0.05, 0.1) is 12.5 Å². The van der Waals surface area contributed by atoms with Crippen LogP contribution >= 0.6 is 0 Å². The van der Waals surface area contributed by atoms with Crippen molar-refractivity contribution >= 4 is 5.78 Å². The quantitative estimate of drug-likeness (QED) is 0.736. The fourth-order valence-corrected chi connectivity index (χ4v) is 1.57. The number of Topliss-reactive ketones (excluding diaryl/α,β-unsaturated/α-hetero) is 1. The largest absolute Gasteiger partial charge is 0.296 e. The molecule has 0 fully saturated rings. The first-order chi connectivity index (χ1) is 7.70. The highest BCUT2D eigenvalue weighted by Gasteiger charge is 2.15. The third-order valence-electron chi connectivity index (χ3n) is 2.45. The summed E-state index contributed by atoms with van der Waals surface area (Å²) in [6, 6.07) is 9.75. The Labute approximate surface area is 94.7 Å². The van der Waals surface area contributed by atoms with Gasteiger partial charge in [-0.15, -0.1) is 0 Å². The number of ketones is 1. The van der Waals surface area contributed by atoms with Gasteiger partial charge in [-0.25, -0.2) is 4.98 Å². The molecule has 0 aliphatic rings. The van der Waals surface area contributed by atoms with E-state index in [1.54, 1.807) is 12.5 Å². The Kier molecular flexibility index (Phi) is 2.86. The predicted octanol–water partition coefficient (Wildman–Crippen LogP) is 2.71. The van der Waals surface area contributed by atoms with Crippen LogP contribution < -0.4 is 0 Å². The van der Waals surface area contributed by atoms with Gasteiger partial charge in [0.25, 0.3) is 0 Å². The smallest absolute Gasteiger partial charge is 0.183 e. The lowest BCUT2D eigenvalue weighted by Gasteiger charge is -2.08. The van der Waals surface area contributed by atoms with Crippen molar-refractivity contribution in [3.8, 4) is 5.69 Å². The molecule has 0 saturated heterocycles. The number of imidazole rings is 1. The molecular weight excluding hydrogens is 200 g/mol. The van der Waals surface area contributed by atoms with Gasteiger partial charge in [0, 0.05) is 11.6 Å². The van der Waals surface area contributed by atoms with E-state index < -0.39 is 0 Å². The molecule has 3 heteroatoms. The van der Waals surface area contributed by atoms with Gasteiger partial charge in [0.15, 0.2) is 5.78 Å². The molecule has 1 heterocycles. The first-order valence-corrected chi connectivity index (χ1v) is 5.32. The molecule has 0 spiro atoms. The van der Waals surface area contributed by atoms with Crippen LogP contribution in [0.5, 0.6) is 0 Å². The highest BCUT2D eigenvalue weighted by Crippen LogP contribution is 2.14. The predicted molar refractivity (Wildman–Crippen MR) is 62.7 cm³/mol. The highest BCUT2D eigenvalue weighted by molar-refractivity contribution is 5.96. The van der Waals surface area contributed by atoms with Crippen molar-refractivity contribution in [2.24, 2.45) is 5.92 Å². The Bertz CT molecular complexity index is 486. The number of nitrogens with zero attached hydrogens (tertiary/aromatic N) is 2. The van der Waals surface area contributed by atoms with Gasteiger partial charge < -0.3 is 0 Å². The molecule has 2 aromatic rings. The van der Waals surface area contributed by atoms with Crippen LogP contribution in [-0.4, -0.2) is 15.3 Å². The molecule has 0 aliphatic carbocycles. The minimum atomic E-state index is -0.0147. The number of hydrogen-bond donors (Lipinski definition) is 0. The number of aromatic nitrogens is 2. The van der Waals surface area contributed by atoms with E-state index in [9.17, 15) is 4.79 Å². The molecule has 0 N–H and O–H groups in total. The summed E-state index contributed by atoms with van der Waals surface area (Å²) < 4.78 is 1.82. The van der Waals surface area contributed by atoms with E-state index in [1.165, 1.54) is 0 Å². The maximum absolute atomic E-state index is 11.9. The number of carbonyl (C=O) groups excluding carboxylic acids is 1. The Hall–Kier alpha value is -1.90. The Morgan fingerprint density at radius 3 is 2.56 bits per heavy atom. The van der Waals surface area contributed by atoms with Crippen molar-refractivity contribution in [1.82, 2.24) is 9.55 Å². The molecular formula is C13H14N2O. The zero-order chi connectivity index (χ0) is 11.5. The summed E-state index contributed by atoms with van der Waals surface area (Å²) in [5.74, 6) is 0.0977. The van der Waals surface area contributed by atoms with Crippen LogP contribution in [0.15, 0.2) is 42.9 Å². The van der Waals surface area contributed by atoms with Crippen LogP contribution in [0.2, 0.25) is 0 Å². The van der Waals surface area contributed by atoms with Crippen molar-refractivity contribution in [3.05, 3.63) is 48.5 Å². The van der Waals surface area contributed by atoms with Crippen LogP contribution in [0.3, 0.4) is 0 Å². The van der Waals surface area contributed by atoms with Crippen LogP contribution in [0.25, 0.3) is 5.69 Å². The zero-order valence-electron chi connectivity index (χ0n) is 9.42. The topological polar surface area (TPSA) is 34.9 Å². The fourth-order valence-electron chi connectivity index (χ4n) is 1.57. The molecule has 0 bridgehead atoms. The maximum Gasteiger partial charge on any atom is 0.183 e. The second-order valence-electron chi connectivity index (χ2n) is 4.00. The van der Waals surface area contributed by atoms with Crippen LogP contribution in [0, 0.1) is 5.92 Å². The lowest BCUT2D eigenvalue weighted by Crippen LogP contribution is -2.12. The first-order valence-electron chi connectivity index (χ1n) is 5.32. The molecule has 3 nitrogen and oxygen atoms in total. The van der Waals surface area contributed by atoms with Gasteiger partial charge in [-0.2, -0.15) is 0 Å². The molecule has 16 heavy (non-hydrogen) atoms. The van der Waals surface area contributed by atoms with E-state index in [0.29, 0.717) is 5.69 Å². The average Bonchev–Trinajstić information content (AvgIpc) is 2.77. The fraction of sp³-hybridized carbons (Fsp3) is 0.231. The highest BCUT2D eigenvalue weighted by atomic mass is 16.1. The molecule has 0 saturated carbocycles. The Morgan fingerprint density at radius 1 is 1.25 bits per heavy atom. The molecule has 0 aliphatic heterocycles. The Balaban J connectivity index is 2.45. The second-order valence-corrected chi connectivity index (χ2v) is 4.00. The van der Waals surface area contributed by atoms with Crippen molar-refractivity contribution in [2.75, 3.05) is 0 Å². The molecule has 1 aromatic carbocycles. The van der Waals surface area contributed by atoms with Crippen molar-refractivity contribution in [2.45, 2.75) is 13.8 Å². The van der Waals surface area contributed by atoms with Gasteiger partial charge in [0.2, 0.25) is 0 Å². The molecule has 1 aromatic heterocycles. The monoisotopic (exact) mass is 214 g/mol. The van der Waals surface area contributed by atoms with Gasteiger partial charge in [0.1, 0.15) is 5.69 Å². The van der Waals surface area contributed by atoms with E-state index in [2.05, 4.69) is 4.98 Å². The summed E-state index contributed by atoms with van der Waals surface area (Å²) >= 11 is 0. The van der Waals surface area contributed by atoms with Gasteiger partial charge in [-0.3, -0.25) is 9.36 Å². The lowest BCUT2D eigenvalue weighted by molar-refractivity contribution is 0.0932. The van der Waals surface area contributed by atoms with Crippen LogP contribution in [0.1, 0.15) is 24.3 Å². The van der Waals surface area contributed by atoms with Crippen LogP contribution in [0.4, 0.5) is 0 Å². The van der Waals surface area contributed by atoms with E-state index in [-0.39, 0.29) is 11.7 Å². The van der Waals surface area contributed by atoms with E-state index in [4.69, 9.17) is 0 Å². The van der Waals surface area contributed by atoms with Crippen molar-refractivity contribution in [1.29, 1.82) is 0 Å². The molecule has 0 amide bonds. The number of para-hydroxylation sites is 1. The molecule has 0 atom stereocenters. The van der Waals surface area contributed by atoms with Crippen molar-refractivity contribution in [3.63, 3.8) is 0 Å². The molecule has 0 unspecified atom stereocenters. The van der Waals surface area contributed by atoms with Gasteiger partial charge >= 0.3 is 0 Å². The summed E-state index contributed by atoms with van der Waals surface area (Å²) in [5, 5.41) is 0. The van der Waals surface area contributed by atoms with E-state index in [1.807, 2.05) is 48.7 Å². The molecule has 82 valence electrons. The van der Waals surface area contributed by atoms with Gasteiger partial charge in [-0.1, -0.05) is 32.0 Å². The number of benzene rings is 1. The van der Waals surface area contributed by atoms with E-state index in [0.717, 1.165) is 5.69 Å². The summed E-state index contributed by atoms with van der Waals surface area (Å²) in [7, 11) is 0. The Morgan fingerprint density at radius 2 is 1.94 bits per heavy atom. The minimum Gasteiger partial charge on any atom is -0.296 e. The molecule has 2 rings (SSSR count). The second kappa shape index (κ2) is 4.31. The normalized spacial score (nSPS) is 10.7. The first kappa shape index (κ1) is 10.6. The third kappa shape index (κ3) is 1.89. The number of hydrogen-bond acceptors (Lipinski definition) is 2. The zero-order valence-corrected chi connectivity index (χ0v) is 9.42. The van der Waals surface area contributed by atoms with Crippen LogP contribution in [-0.2, 0) is 0 Å². The van der Waals surface area contributed by atoms with E-state index >= 15 is 0 Å². The minimum absolute atomic E-state index is 0.0147. The SMILES string of the molecule is CC(C)C(=O)c1cncn1-c1ccccc1. The number of carbonyl (C=O) groups is 1. The lowest BCUT2D eigenvalue weighted by atomic mass is 10.1. The van der Waals surface area contributed by atoms with Gasteiger partial charge in [-0.05, 0) is 12.1 Å². The molecule has 0 radical (unpaired) electrons. The van der Waals surface area contributed by atoms with Crippen molar-refractivity contribution < 1.29 is 4.79 Å². The third-order valence-corrected chi connectivity index (χ3v) is 2.45. The standard InChI is InChI=1S/C13H14N2O/c1-10(2)13(16)12-8-14-9-15(12)11-6-4-3-5-7-11/h3-10H,1-2H3. The summed E-state index contributed by atoms with van der Waals surface area (Å²) in [6.07, 6.45) is 3.29.